The molecule has 0 spiro atoms. The van der Waals surface area contributed by atoms with Crippen LogP contribution in [0.5, 0.6) is 0 Å². The van der Waals surface area contributed by atoms with E-state index in [1.54, 1.807) is 0 Å². The number of nitrogens with one attached hydrogen (secondary N) is 2. The lowest BCUT2D eigenvalue weighted by molar-refractivity contribution is -0.384. The largest absolute Gasteiger partial charge is 0.462 e. The van der Waals surface area contributed by atoms with Crippen molar-refractivity contribution in [1.82, 2.24) is 0 Å². The van der Waals surface area contributed by atoms with Crippen LogP contribution in [0.25, 0.3) is 0 Å². The van der Waals surface area contributed by atoms with Crippen LogP contribution in [0.4, 0.5) is 17.1 Å². The van der Waals surface area contributed by atoms with E-state index in [4.69, 9.17) is 9.47 Å². The number of benzene rings is 2. The van der Waals surface area contributed by atoms with Gasteiger partial charge in [-0.25, -0.2) is 4.79 Å². The molecule has 0 bridgehead atoms. The zero-order valence-electron chi connectivity index (χ0n) is 19.4. The van der Waals surface area contributed by atoms with Crippen LogP contribution >= 0.6 is 0 Å². The first-order valence-corrected chi connectivity index (χ1v) is 10.9. The minimum Gasteiger partial charge on any atom is -0.462 e. The molecule has 0 heterocycles. The van der Waals surface area contributed by atoms with Crippen LogP contribution in [0.2, 0.25) is 0 Å². The fourth-order valence-electron chi connectivity index (χ4n) is 2.74. The van der Waals surface area contributed by atoms with Crippen LogP contribution in [-0.4, -0.2) is 41.9 Å². The molecule has 186 valence electrons. The molecule has 0 atom stereocenters. The molecule has 35 heavy (non-hydrogen) atoms. The maximum atomic E-state index is 12.0. The summed E-state index contributed by atoms with van der Waals surface area (Å²) in [5.41, 5.74) is 0.905. The Balaban J connectivity index is 1.66. The second-order valence-electron chi connectivity index (χ2n) is 7.99. The van der Waals surface area contributed by atoms with E-state index in [2.05, 4.69) is 10.6 Å². The zero-order valence-corrected chi connectivity index (χ0v) is 19.4. The summed E-state index contributed by atoms with van der Waals surface area (Å²) < 4.78 is 10.0. The maximum Gasteiger partial charge on any atom is 0.338 e. The normalized spacial score (nSPS) is 10.4. The SMILES string of the molecule is CC(C)COC(=O)c1ccc(NC(=O)COC(=O)CCCC(=O)Nc2cccc([N+](=O)[O-])c2)cc1. The van der Waals surface area contributed by atoms with Gasteiger partial charge in [-0.15, -0.1) is 0 Å². The molecule has 0 aliphatic heterocycles. The van der Waals surface area contributed by atoms with Crippen molar-refractivity contribution in [2.24, 2.45) is 5.92 Å². The smallest absolute Gasteiger partial charge is 0.338 e. The molecule has 0 aromatic heterocycles. The van der Waals surface area contributed by atoms with Gasteiger partial charge in [-0.3, -0.25) is 24.5 Å². The van der Waals surface area contributed by atoms with Crippen LogP contribution in [-0.2, 0) is 23.9 Å². The molecule has 0 radical (unpaired) electrons. The van der Waals surface area contributed by atoms with Gasteiger partial charge in [-0.1, -0.05) is 19.9 Å². The maximum absolute atomic E-state index is 12.0. The van der Waals surface area contributed by atoms with Crippen molar-refractivity contribution in [3.05, 3.63) is 64.2 Å². The van der Waals surface area contributed by atoms with E-state index >= 15 is 0 Å². The Morgan fingerprint density at radius 2 is 1.60 bits per heavy atom. The first-order chi connectivity index (χ1) is 16.6. The summed E-state index contributed by atoms with van der Waals surface area (Å²) in [7, 11) is 0. The molecule has 0 aliphatic carbocycles. The van der Waals surface area contributed by atoms with E-state index in [0.29, 0.717) is 17.9 Å². The van der Waals surface area contributed by atoms with Crippen LogP contribution in [0.15, 0.2) is 48.5 Å². The number of esters is 2. The lowest BCUT2D eigenvalue weighted by Crippen LogP contribution is -2.21. The Hall–Kier alpha value is -4.28. The summed E-state index contributed by atoms with van der Waals surface area (Å²) in [6, 6.07) is 11.6. The summed E-state index contributed by atoms with van der Waals surface area (Å²) in [6.07, 6.45) is 0.0916. The number of rotatable bonds is 12. The number of hydrogen-bond acceptors (Lipinski definition) is 8. The van der Waals surface area contributed by atoms with Gasteiger partial charge in [0.25, 0.3) is 11.6 Å². The highest BCUT2D eigenvalue weighted by Gasteiger charge is 2.12. The molecular weight excluding hydrogens is 458 g/mol. The summed E-state index contributed by atoms with van der Waals surface area (Å²) >= 11 is 0. The monoisotopic (exact) mass is 485 g/mol. The molecule has 0 saturated carbocycles. The molecule has 2 aromatic carbocycles. The molecule has 11 heteroatoms. The number of nitrogens with zero attached hydrogens (tertiary/aromatic N) is 1. The molecule has 0 unspecified atom stereocenters. The number of ether oxygens (including phenoxy) is 2. The molecule has 0 fully saturated rings. The number of nitro groups is 1. The molecule has 0 aliphatic rings. The fourth-order valence-corrected chi connectivity index (χ4v) is 2.74. The number of carbonyl (C=O) groups excluding carboxylic acids is 4. The summed E-state index contributed by atoms with van der Waals surface area (Å²) in [4.78, 5) is 57.9. The fraction of sp³-hybridized carbons (Fsp3) is 0.333. The summed E-state index contributed by atoms with van der Waals surface area (Å²) in [5, 5.41) is 15.8. The van der Waals surface area contributed by atoms with Gasteiger partial charge in [0.15, 0.2) is 6.61 Å². The average Bonchev–Trinajstić information content (AvgIpc) is 2.81. The Morgan fingerprint density at radius 3 is 2.26 bits per heavy atom. The van der Waals surface area contributed by atoms with Gasteiger partial charge in [0.1, 0.15) is 0 Å². The van der Waals surface area contributed by atoms with Gasteiger partial charge in [0.2, 0.25) is 5.91 Å². The number of amides is 2. The van der Waals surface area contributed by atoms with E-state index in [1.807, 2.05) is 13.8 Å². The van der Waals surface area contributed by atoms with Crippen LogP contribution in [0.1, 0.15) is 43.5 Å². The zero-order chi connectivity index (χ0) is 25.8. The molecule has 0 saturated heterocycles. The average molecular weight is 485 g/mol. The lowest BCUT2D eigenvalue weighted by Gasteiger charge is -2.09. The number of nitro benzene ring substituents is 1. The standard InChI is InChI=1S/C24H27N3O8/c1-16(2)14-35-24(31)17-9-11-18(12-10-17)25-22(29)15-34-23(30)8-4-7-21(28)26-19-5-3-6-20(13-19)27(32)33/h3,5-6,9-13,16H,4,7-8,14-15H2,1-2H3,(H,25,29)(H,26,28). The van der Waals surface area contributed by atoms with Gasteiger partial charge in [-0.2, -0.15) is 0 Å². The highest BCUT2D eigenvalue weighted by atomic mass is 16.6. The van der Waals surface area contributed by atoms with Gasteiger partial charge in [0.05, 0.1) is 17.1 Å². The number of hydrogen-bond donors (Lipinski definition) is 2. The minimum atomic E-state index is -0.647. The minimum absolute atomic E-state index is 0.00403. The topological polar surface area (TPSA) is 154 Å². The van der Waals surface area contributed by atoms with Crippen molar-refractivity contribution in [2.75, 3.05) is 23.8 Å². The highest BCUT2D eigenvalue weighted by molar-refractivity contribution is 5.94. The predicted molar refractivity (Wildman–Crippen MR) is 127 cm³/mol. The van der Waals surface area contributed by atoms with E-state index < -0.39 is 35.3 Å². The van der Waals surface area contributed by atoms with Crippen molar-refractivity contribution in [3.8, 4) is 0 Å². The molecule has 2 N–H and O–H groups in total. The van der Waals surface area contributed by atoms with Crippen molar-refractivity contribution in [3.63, 3.8) is 0 Å². The molecular formula is C24H27N3O8. The highest BCUT2D eigenvalue weighted by Crippen LogP contribution is 2.17. The third-order valence-electron chi connectivity index (χ3n) is 4.44. The van der Waals surface area contributed by atoms with E-state index in [9.17, 15) is 29.3 Å². The third kappa shape index (κ3) is 10.0. The Morgan fingerprint density at radius 1 is 0.914 bits per heavy atom. The second-order valence-corrected chi connectivity index (χ2v) is 7.99. The van der Waals surface area contributed by atoms with E-state index in [1.165, 1.54) is 48.5 Å². The number of carbonyl (C=O) groups is 4. The quantitative estimate of drug-likeness (QED) is 0.262. The molecule has 2 amide bonds. The van der Waals surface area contributed by atoms with Crippen molar-refractivity contribution in [2.45, 2.75) is 33.1 Å². The third-order valence-corrected chi connectivity index (χ3v) is 4.44. The van der Waals surface area contributed by atoms with Gasteiger partial charge < -0.3 is 20.1 Å². The van der Waals surface area contributed by atoms with Crippen molar-refractivity contribution >= 4 is 40.8 Å². The van der Waals surface area contributed by atoms with Crippen molar-refractivity contribution in [1.29, 1.82) is 0 Å². The summed E-state index contributed by atoms with van der Waals surface area (Å²) in [5.74, 6) is -1.85. The Kier molecular flexibility index (Phi) is 10.3. The number of anilines is 2. The van der Waals surface area contributed by atoms with Crippen molar-refractivity contribution < 1.29 is 33.6 Å². The van der Waals surface area contributed by atoms with E-state index in [-0.39, 0.29) is 36.6 Å². The van der Waals surface area contributed by atoms with Crippen LogP contribution in [0.3, 0.4) is 0 Å². The Bertz CT molecular complexity index is 1070. The van der Waals surface area contributed by atoms with Crippen LogP contribution in [0, 0.1) is 16.0 Å². The van der Waals surface area contributed by atoms with E-state index in [0.717, 1.165) is 0 Å². The van der Waals surface area contributed by atoms with Gasteiger partial charge in [0, 0.05) is 36.3 Å². The van der Waals surface area contributed by atoms with Gasteiger partial charge >= 0.3 is 11.9 Å². The van der Waals surface area contributed by atoms with Gasteiger partial charge in [-0.05, 0) is 42.7 Å². The number of non-ortho nitro benzene ring substituents is 1. The molecule has 2 rings (SSSR count). The predicted octanol–water partition coefficient (Wildman–Crippen LogP) is 3.70. The Labute approximate surface area is 201 Å². The first kappa shape index (κ1) is 27.0. The van der Waals surface area contributed by atoms with Crippen LogP contribution < -0.4 is 10.6 Å². The second kappa shape index (κ2) is 13.4. The molecule has 2 aromatic rings. The first-order valence-electron chi connectivity index (χ1n) is 10.9. The lowest BCUT2D eigenvalue weighted by atomic mass is 10.2. The molecule has 11 nitrogen and oxygen atoms in total. The summed E-state index contributed by atoms with van der Waals surface area (Å²) in [6.45, 7) is 3.67.